The Labute approximate surface area is 139 Å². The Hall–Kier alpha value is -2.28. The van der Waals surface area contributed by atoms with Crippen LogP contribution in [-0.4, -0.2) is 31.1 Å². The second-order valence-electron chi connectivity index (χ2n) is 5.29. The number of nitrogen functional groups attached to an aromatic ring is 1. The topological polar surface area (TPSA) is 111 Å². The zero-order valence-electron chi connectivity index (χ0n) is 13.0. The zero-order chi connectivity index (χ0) is 17.4. The van der Waals surface area contributed by atoms with Crippen molar-refractivity contribution in [2.45, 2.75) is 20.3 Å². The normalized spacial score (nSPS) is 10.3. The van der Waals surface area contributed by atoms with Crippen LogP contribution in [0.1, 0.15) is 30.6 Å². The molecule has 1 aromatic carbocycles. The molecule has 0 aliphatic rings. The molecule has 3 amide bonds. The van der Waals surface area contributed by atoms with Gasteiger partial charge >= 0.3 is 12.0 Å². The maximum Gasteiger partial charge on any atom is 0.340 e. The van der Waals surface area contributed by atoms with Crippen molar-refractivity contribution in [3.05, 3.63) is 28.8 Å². The summed E-state index contributed by atoms with van der Waals surface area (Å²) in [5, 5.41) is 4.91. The third-order valence-electron chi connectivity index (χ3n) is 2.83. The molecule has 1 aromatic rings. The molecule has 0 aliphatic heterocycles. The van der Waals surface area contributed by atoms with Gasteiger partial charge in [0.15, 0.2) is 6.61 Å². The van der Waals surface area contributed by atoms with Gasteiger partial charge in [0.1, 0.15) is 0 Å². The number of amides is 3. The van der Waals surface area contributed by atoms with Gasteiger partial charge in [0.05, 0.1) is 5.56 Å². The van der Waals surface area contributed by atoms with Crippen LogP contribution in [0.5, 0.6) is 0 Å². The highest BCUT2D eigenvalue weighted by Gasteiger charge is 2.15. The SMILES string of the molecule is CC(C)CCNC(=O)NC(=O)COC(=O)c1cc(Cl)ccc1N. The first-order valence-electron chi connectivity index (χ1n) is 7.09. The van der Waals surface area contributed by atoms with E-state index in [0.717, 1.165) is 6.42 Å². The van der Waals surface area contributed by atoms with E-state index >= 15 is 0 Å². The van der Waals surface area contributed by atoms with Crippen LogP contribution in [0.2, 0.25) is 5.02 Å². The first kappa shape index (κ1) is 18.8. The predicted octanol–water partition coefficient (Wildman–Crippen LogP) is 1.95. The van der Waals surface area contributed by atoms with Gasteiger partial charge in [-0.25, -0.2) is 9.59 Å². The first-order valence-corrected chi connectivity index (χ1v) is 7.47. The lowest BCUT2D eigenvalue weighted by Gasteiger charge is -2.09. The van der Waals surface area contributed by atoms with Crippen LogP contribution in [0.25, 0.3) is 0 Å². The minimum atomic E-state index is -0.791. The number of hydrogen-bond acceptors (Lipinski definition) is 5. The van der Waals surface area contributed by atoms with Crippen LogP contribution in [-0.2, 0) is 9.53 Å². The summed E-state index contributed by atoms with van der Waals surface area (Å²) in [4.78, 5) is 34.8. The van der Waals surface area contributed by atoms with E-state index in [2.05, 4.69) is 10.6 Å². The van der Waals surface area contributed by atoms with Gasteiger partial charge in [0, 0.05) is 17.3 Å². The molecule has 0 bridgehead atoms. The van der Waals surface area contributed by atoms with Crippen molar-refractivity contribution >= 4 is 35.2 Å². The van der Waals surface area contributed by atoms with Crippen LogP contribution in [0.3, 0.4) is 0 Å². The largest absolute Gasteiger partial charge is 0.452 e. The summed E-state index contributed by atoms with van der Waals surface area (Å²) in [5.41, 5.74) is 5.88. The Morgan fingerprint density at radius 2 is 2.00 bits per heavy atom. The van der Waals surface area contributed by atoms with Crippen molar-refractivity contribution in [3.63, 3.8) is 0 Å². The molecule has 0 aliphatic carbocycles. The maximum atomic E-state index is 11.8. The van der Waals surface area contributed by atoms with Crippen LogP contribution < -0.4 is 16.4 Å². The Morgan fingerprint density at radius 3 is 2.65 bits per heavy atom. The fraction of sp³-hybridized carbons (Fsp3) is 0.400. The Balaban J connectivity index is 2.39. The number of carbonyl (C=O) groups is 3. The van der Waals surface area contributed by atoms with E-state index in [9.17, 15) is 14.4 Å². The summed E-state index contributed by atoms with van der Waals surface area (Å²) >= 11 is 5.77. The fourth-order valence-electron chi connectivity index (χ4n) is 1.60. The van der Waals surface area contributed by atoms with Gasteiger partial charge in [-0.15, -0.1) is 0 Å². The van der Waals surface area contributed by atoms with E-state index in [-0.39, 0.29) is 11.3 Å². The fourth-order valence-corrected chi connectivity index (χ4v) is 1.77. The van der Waals surface area contributed by atoms with Crippen molar-refractivity contribution in [1.29, 1.82) is 0 Å². The van der Waals surface area contributed by atoms with Gasteiger partial charge in [-0.2, -0.15) is 0 Å². The highest BCUT2D eigenvalue weighted by Crippen LogP contribution is 2.18. The number of carbonyl (C=O) groups excluding carboxylic acids is 3. The van der Waals surface area contributed by atoms with E-state index in [1.807, 2.05) is 13.8 Å². The number of rotatable bonds is 6. The second kappa shape index (κ2) is 8.99. The molecule has 0 saturated heterocycles. The van der Waals surface area contributed by atoms with Crippen LogP contribution >= 0.6 is 11.6 Å². The van der Waals surface area contributed by atoms with Crippen molar-refractivity contribution in [2.75, 3.05) is 18.9 Å². The Kier molecular flexibility index (Phi) is 7.34. The lowest BCUT2D eigenvalue weighted by molar-refractivity contribution is -0.123. The summed E-state index contributed by atoms with van der Waals surface area (Å²) in [6.45, 7) is 3.90. The third-order valence-corrected chi connectivity index (χ3v) is 3.06. The number of urea groups is 1. The molecule has 0 spiro atoms. The predicted molar refractivity (Wildman–Crippen MR) is 87.1 cm³/mol. The highest BCUT2D eigenvalue weighted by atomic mass is 35.5. The van der Waals surface area contributed by atoms with E-state index in [4.69, 9.17) is 22.1 Å². The molecule has 0 heterocycles. The molecule has 0 unspecified atom stereocenters. The molecular formula is C15H20ClN3O4. The molecule has 0 atom stereocenters. The number of ether oxygens (including phenoxy) is 1. The van der Waals surface area contributed by atoms with E-state index in [0.29, 0.717) is 17.5 Å². The lowest BCUT2D eigenvalue weighted by Crippen LogP contribution is -2.42. The lowest BCUT2D eigenvalue weighted by atomic mass is 10.1. The summed E-state index contributed by atoms with van der Waals surface area (Å²) in [6, 6.07) is 3.70. The number of benzene rings is 1. The summed E-state index contributed by atoms with van der Waals surface area (Å²) < 4.78 is 4.80. The number of halogens is 1. The van der Waals surface area contributed by atoms with E-state index in [1.54, 1.807) is 0 Å². The quantitative estimate of drug-likeness (QED) is 0.541. The number of esters is 1. The van der Waals surface area contributed by atoms with Gasteiger partial charge in [-0.1, -0.05) is 25.4 Å². The number of anilines is 1. The molecule has 1 rings (SSSR count). The molecule has 0 fully saturated rings. The maximum absolute atomic E-state index is 11.8. The highest BCUT2D eigenvalue weighted by molar-refractivity contribution is 6.31. The summed E-state index contributed by atoms with van der Waals surface area (Å²) in [7, 11) is 0. The van der Waals surface area contributed by atoms with Crippen LogP contribution in [0.4, 0.5) is 10.5 Å². The van der Waals surface area contributed by atoms with Crippen molar-refractivity contribution in [3.8, 4) is 0 Å². The van der Waals surface area contributed by atoms with Crippen LogP contribution in [0, 0.1) is 5.92 Å². The average molecular weight is 342 g/mol. The van der Waals surface area contributed by atoms with Gasteiger partial charge in [-0.3, -0.25) is 10.1 Å². The van der Waals surface area contributed by atoms with Gasteiger partial charge in [-0.05, 0) is 30.5 Å². The molecule has 126 valence electrons. The minimum absolute atomic E-state index is 0.0617. The van der Waals surface area contributed by atoms with Crippen LogP contribution in [0.15, 0.2) is 18.2 Å². The number of imide groups is 1. The molecule has 0 saturated carbocycles. The molecule has 0 radical (unpaired) electrons. The van der Waals surface area contributed by atoms with Crippen molar-refractivity contribution in [1.82, 2.24) is 10.6 Å². The molecule has 0 aromatic heterocycles. The average Bonchev–Trinajstić information content (AvgIpc) is 2.46. The molecule has 7 nitrogen and oxygen atoms in total. The van der Waals surface area contributed by atoms with Gasteiger partial charge in [0.25, 0.3) is 5.91 Å². The first-order chi connectivity index (χ1) is 10.8. The van der Waals surface area contributed by atoms with Crippen molar-refractivity contribution < 1.29 is 19.1 Å². The monoisotopic (exact) mass is 341 g/mol. The molecule has 8 heteroatoms. The minimum Gasteiger partial charge on any atom is -0.452 e. The summed E-state index contributed by atoms with van der Waals surface area (Å²) in [5.74, 6) is -1.09. The third kappa shape index (κ3) is 7.01. The molecule has 4 N–H and O–H groups in total. The number of nitrogens with one attached hydrogen (secondary N) is 2. The number of hydrogen-bond donors (Lipinski definition) is 3. The Bertz CT molecular complexity index is 590. The molecule has 23 heavy (non-hydrogen) atoms. The number of nitrogens with two attached hydrogens (primary N) is 1. The smallest absolute Gasteiger partial charge is 0.340 e. The van der Waals surface area contributed by atoms with Gasteiger partial charge in [0.2, 0.25) is 0 Å². The zero-order valence-corrected chi connectivity index (χ0v) is 13.8. The van der Waals surface area contributed by atoms with E-state index in [1.165, 1.54) is 18.2 Å². The second-order valence-corrected chi connectivity index (χ2v) is 5.73. The standard InChI is InChI=1S/C15H20ClN3O4/c1-9(2)5-6-18-15(22)19-13(20)8-23-14(21)11-7-10(16)3-4-12(11)17/h3-4,7,9H,5-6,8,17H2,1-2H3,(H2,18,19,20,22). The molecular weight excluding hydrogens is 322 g/mol. The van der Waals surface area contributed by atoms with Crippen molar-refractivity contribution in [2.24, 2.45) is 5.92 Å². The summed E-state index contributed by atoms with van der Waals surface area (Å²) in [6.07, 6.45) is 0.796. The van der Waals surface area contributed by atoms with E-state index < -0.39 is 24.5 Å². The Morgan fingerprint density at radius 1 is 1.30 bits per heavy atom. The van der Waals surface area contributed by atoms with Gasteiger partial charge < -0.3 is 15.8 Å².